The van der Waals surface area contributed by atoms with Crippen LogP contribution in [0.3, 0.4) is 0 Å². The molecule has 0 spiro atoms. The van der Waals surface area contributed by atoms with Gasteiger partial charge in [0.2, 0.25) is 0 Å². The van der Waals surface area contributed by atoms with E-state index in [1.807, 2.05) is 6.08 Å². The number of ether oxygens (including phenoxy) is 2. The van der Waals surface area contributed by atoms with Crippen LogP contribution in [0, 0.1) is 0 Å². The maximum Gasteiger partial charge on any atom is 0.387 e. The molecule has 0 amide bonds. The molecule has 1 fully saturated rings. The van der Waals surface area contributed by atoms with Crippen molar-refractivity contribution in [2.45, 2.75) is 51.1 Å². The Hall–Kier alpha value is -3.76. The van der Waals surface area contributed by atoms with Crippen LogP contribution in [0.2, 0.25) is 10.0 Å². The molecule has 0 atom stereocenters. The summed E-state index contributed by atoms with van der Waals surface area (Å²) in [6, 6.07) is 5.63. The van der Waals surface area contributed by atoms with Gasteiger partial charge in [-0.05, 0) is 56.7 Å². The zero-order valence-electron chi connectivity index (χ0n) is 21.7. The Bertz CT molecular complexity index is 1570. The molecular formula is C29H25Cl2F2N3O5. The summed E-state index contributed by atoms with van der Waals surface area (Å²) in [6.45, 7) is -2.69. The predicted molar refractivity (Wildman–Crippen MR) is 150 cm³/mol. The number of nitrogens with zero attached hydrogens (tertiary/aromatic N) is 3. The SMILES string of the molecule is O=C(O)c1cc(OC(F)F)c2cc(OCCCCC/C=C/c3c(-c4c(Cl)cncc4Cl)noc3C3CC3)ccc2n1. The summed E-state index contributed by atoms with van der Waals surface area (Å²) >= 11 is 12.7. The van der Waals surface area contributed by atoms with E-state index >= 15 is 0 Å². The molecule has 12 heteroatoms. The largest absolute Gasteiger partial charge is 0.494 e. The van der Waals surface area contributed by atoms with Crippen LogP contribution in [0.25, 0.3) is 28.2 Å². The Morgan fingerprint density at radius 2 is 1.93 bits per heavy atom. The van der Waals surface area contributed by atoms with Gasteiger partial charge in [-0.2, -0.15) is 8.78 Å². The summed E-state index contributed by atoms with van der Waals surface area (Å²) in [5.74, 6) is 0.0429. The zero-order chi connectivity index (χ0) is 28.9. The smallest absolute Gasteiger partial charge is 0.387 e. The van der Waals surface area contributed by atoms with Crippen LogP contribution < -0.4 is 9.47 Å². The van der Waals surface area contributed by atoms with Crippen molar-refractivity contribution in [1.29, 1.82) is 0 Å². The fraction of sp³-hybridized carbons (Fsp3) is 0.310. The number of unbranched alkanes of at least 4 members (excludes halogenated alkanes) is 3. The lowest BCUT2D eigenvalue weighted by Gasteiger charge is -2.11. The van der Waals surface area contributed by atoms with Crippen LogP contribution in [-0.2, 0) is 0 Å². The van der Waals surface area contributed by atoms with Gasteiger partial charge in [0.25, 0.3) is 0 Å². The highest BCUT2D eigenvalue weighted by atomic mass is 35.5. The van der Waals surface area contributed by atoms with E-state index < -0.39 is 12.6 Å². The molecule has 4 aromatic rings. The lowest BCUT2D eigenvalue weighted by Crippen LogP contribution is -2.06. The van der Waals surface area contributed by atoms with Crippen molar-refractivity contribution >= 4 is 46.2 Å². The Kier molecular flexibility index (Phi) is 8.99. The first-order chi connectivity index (χ1) is 19.8. The average Bonchev–Trinajstić information content (AvgIpc) is 3.70. The van der Waals surface area contributed by atoms with Gasteiger partial charge in [-0.3, -0.25) is 4.98 Å². The molecule has 1 saturated carbocycles. The van der Waals surface area contributed by atoms with Crippen LogP contribution in [0.15, 0.2) is 47.3 Å². The molecule has 1 aliphatic rings. The zero-order valence-corrected chi connectivity index (χ0v) is 23.2. The van der Waals surface area contributed by atoms with E-state index in [0.717, 1.165) is 55.9 Å². The number of carboxylic acids is 1. The van der Waals surface area contributed by atoms with Crippen molar-refractivity contribution in [2.75, 3.05) is 6.61 Å². The van der Waals surface area contributed by atoms with Gasteiger partial charge in [0.05, 0.1) is 22.2 Å². The van der Waals surface area contributed by atoms with Gasteiger partial charge in [0.1, 0.15) is 23.0 Å². The number of aromatic carboxylic acids is 1. The lowest BCUT2D eigenvalue weighted by molar-refractivity contribution is -0.0489. The van der Waals surface area contributed by atoms with Crippen LogP contribution >= 0.6 is 23.2 Å². The van der Waals surface area contributed by atoms with Crippen molar-refractivity contribution in [3.05, 3.63) is 69.8 Å². The second-order valence-corrected chi connectivity index (χ2v) is 10.3. The molecule has 0 bridgehead atoms. The number of carbonyl (C=O) groups is 1. The minimum atomic E-state index is -3.11. The van der Waals surface area contributed by atoms with Crippen molar-refractivity contribution < 1.29 is 32.7 Å². The number of fused-ring (bicyclic) bond motifs is 1. The number of carboxylic acid groups (broad SMARTS) is 1. The summed E-state index contributed by atoms with van der Waals surface area (Å²) in [5, 5.41) is 14.5. The number of allylic oxidation sites excluding steroid dienone is 1. The van der Waals surface area contributed by atoms with Gasteiger partial charge in [0, 0.05) is 40.9 Å². The van der Waals surface area contributed by atoms with Gasteiger partial charge < -0.3 is 19.1 Å². The van der Waals surface area contributed by atoms with Gasteiger partial charge in [-0.15, -0.1) is 0 Å². The van der Waals surface area contributed by atoms with E-state index in [-0.39, 0.29) is 22.3 Å². The molecule has 0 saturated heterocycles. The highest BCUT2D eigenvalue weighted by Gasteiger charge is 2.32. The number of aromatic nitrogens is 3. The first kappa shape index (κ1) is 28.8. The summed E-state index contributed by atoms with van der Waals surface area (Å²) in [4.78, 5) is 19.3. The number of rotatable bonds is 13. The lowest BCUT2D eigenvalue weighted by atomic mass is 10.0. The maximum atomic E-state index is 12.9. The van der Waals surface area contributed by atoms with E-state index in [1.54, 1.807) is 6.07 Å². The predicted octanol–water partition coefficient (Wildman–Crippen LogP) is 8.42. The molecule has 5 rings (SSSR count). The fourth-order valence-corrected chi connectivity index (χ4v) is 4.97. The molecular weight excluding hydrogens is 579 g/mol. The maximum absolute atomic E-state index is 12.9. The van der Waals surface area contributed by atoms with Crippen molar-refractivity contribution in [2.24, 2.45) is 0 Å². The average molecular weight is 604 g/mol. The molecule has 0 aliphatic heterocycles. The third kappa shape index (κ3) is 6.94. The summed E-state index contributed by atoms with van der Waals surface area (Å²) < 4.78 is 41.8. The number of alkyl halides is 2. The van der Waals surface area contributed by atoms with E-state index in [4.69, 9.17) is 32.5 Å². The molecule has 41 heavy (non-hydrogen) atoms. The van der Waals surface area contributed by atoms with E-state index in [9.17, 15) is 18.7 Å². The molecule has 1 aliphatic carbocycles. The van der Waals surface area contributed by atoms with Crippen molar-refractivity contribution in [3.63, 3.8) is 0 Å². The second kappa shape index (κ2) is 12.8. The molecule has 0 radical (unpaired) electrons. The first-order valence-corrected chi connectivity index (χ1v) is 13.8. The second-order valence-electron chi connectivity index (χ2n) is 9.53. The molecule has 3 aromatic heterocycles. The van der Waals surface area contributed by atoms with Crippen LogP contribution in [0.4, 0.5) is 8.78 Å². The van der Waals surface area contributed by atoms with Gasteiger partial charge in [-0.25, -0.2) is 9.78 Å². The fourth-order valence-electron chi connectivity index (χ4n) is 4.43. The van der Waals surface area contributed by atoms with Crippen molar-refractivity contribution in [1.82, 2.24) is 15.1 Å². The number of hydrogen-bond acceptors (Lipinski definition) is 7. The topological polar surface area (TPSA) is 108 Å². The Labute approximate surface area is 243 Å². The summed E-state index contributed by atoms with van der Waals surface area (Å²) in [5.41, 5.74) is 1.94. The molecule has 1 aromatic carbocycles. The molecule has 8 nitrogen and oxygen atoms in total. The molecule has 214 valence electrons. The van der Waals surface area contributed by atoms with Gasteiger partial charge in [0.15, 0.2) is 5.69 Å². The molecule has 1 N–H and O–H groups in total. The number of hydrogen-bond donors (Lipinski definition) is 1. The van der Waals surface area contributed by atoms with Crippen LogP contribution in [0.1, 0.15) is 66.3 Å². The molecule has 0 unspecified atom stereocenters. The van der Waals surface area contributed by atoms with Gasteiger partial charge in [-0.1, -0.05) is 40.5 Å². The minimum Gasteiger partial charge on any atom is -0.494 e. The molecule has 3 heterocycles. The Morgan fingerprint density at radius 3 is 2.63 bits per heavy atom. The third-order valence-corrected chi connectivity index (χ3v) is 7.11. The van der Waals surface area contributed by atoms with E-state index in [1.165, 1.54) is 24.5 Å². The van der Waals surface area contributed by atoms with E-state index in [0.29, 0.717) is 39.6 Å². The van der Waals surface area contributed by atoms with E-state index in [2.05, 4.69) is 25.9 Å². The van der Waals surface area contributed by atoms with Crippen LogP contribution in [0.5, 0.6) is 11.5 Å². The highest BCUT2D eigenvalue weighted by Crippen LogP contribution is 2.46. The first-order valence-electron chi connectivity index (χ1n) is 13.0. The summed E-state index contributed by atoms with van der Waals surface area (Å²) in [6.07, 6.45) is 12.7. The summed E-state index contributed by atoms with van der Waals surface area (Å²) in [7, 11) is 0. The minimum absolute atomic E-state index is 0.217. The Balaban J connectivity index is 1.15. The quantitative estimate of drug-likeness (QED) is 0.152. The number of halogens is 4. The van der Waals surface area contributed by atoms with Crippen LogP contribution in [-0.4, -0.2) is 39.4 Å². The highest BCUT2D eigenvalue weighted by molar-refractivity contribution is 6.39. The number of benzene rings is 1. The number of pyridine rings is 2. The third-order valence-electron chi connectivity index (χ3n) is 6.54. The van der Waals surface area contributed by atoms with Gasteiger partial charge >= 0.3 is 12.6 Å². The normalized spacial score (nSPS) is 13.4. The monoisotopic (exact) mass is 603 g/mol. The van der Waals surface area contributed by atoms with Crippen molar-refractivity contribution in [3.8, 4) is 22.8 Å². The standard InChI is InChI=1S/C29H25Cl2F2N3O5/c30-20-14-34-15-21(31)25(20)26-18(27(41-36-26)16-7-8-16)6-4-2-1-3-5-11-39-17-9-10-22-19(12-17)24(40-29(32)33)13-23(35-22)28(37)38/h4,6,9-10,12-16,29H,1-3,5,7-8,11H2,(H,37,38)/b6-4+. The Morgan fingerprint density at radius 1 is 1.15 bits per heavy atom.